The van der Waals surface area contributed by atoms with E-state index in [4.69, 9.17) is 9.47 Å². The zero-order valence-electron chi connectivity index (χ0n) is 14.8. The molecule has 0 aromatic heterocycles. The van der Waals surface area contributed by atoms with Gasteiger partial charge in [-0.3, -0.25) is 0 Å². The smallest absolute Gasteiger partial charge is 0.0700 e. The molecule has 0 saturated heterocycles. The highest BCUT2D eigenvalue weighted by atomic mass is 16.5. The summed E-state index contributed by atoms with van der Waals surface area (Å²) >= 11 is 0. The highest BCUT2D eigenvalue weighted by Gasteiger charge is 1.90. The average molecular weight is 290 g/mol. The van der Waals surface area contributed by atoms with Crippen molar-refractivity contribution in [2.24, 2.45) is 0 Å². The number of hydrogen-bond donors (Lipinski definition) is 0. The highest BCUT2D eigenvalue weighted by Crippen LogP contribution is 1.90. The maximum absolute atomic E-state index is 5.33. The molecule has 0 aliphatic carbocycles. The molecule has 0 aliphatic rings. The van der Waals surface area contributed by atoms with Crippen molar-refractivity contribution in [1.82, 2.24) is 9.80 Å². The van der Waals surface area contributed by atoms with Gasteiger partial charge in [0.15, 0.2) is 0 Å². The van der Waals surface area contributed by atoms with Gasteiger partial charge < -0.3 is 19.3 Å². The van der Waals surface area contributed by atoms with Crippen LogP contribution in [0.2, 0.25) is 0 Å². The van der Waals surface area contributed by atoms with E-state index in [1.165, 1.54) is 12.8 Å². The van der Waals surface area contributed by atoms with Gasteiger partial charge in [0.25, 0.3) is 0 Å². The van der Waals surface area contributed by atoms with E-state index >= 15 is 0 Å². The van der Waals surface area contributed by atoms with Gasteiger partial charge in [0.05, 0.1) is 13.2 Å². The molecule has 0 aliphatic heterocycles. The predicted octanol–water partition coefficient (Wildman–Crippen LogP) is 2.73. The highest BCUT2D eigenvalue weighted by molar-refractivity contribution is 4.46. The lowest BCUT2D eigenvalue weighted by Crippen LogP contribution is -2.25. The Morgan fingerprint density at radius 1 is 0.600 bits per heavy atom. The minimum Gasteiger partial charge on any atom is -0.379 e. The lowest BCUT2D eigenvalue weighted by atomic mass is 10.4. The fourth-order valence-corrected chi connectivity index (χ4v) is 1.21. The Bertz CT molecular complexity index is 147. The van der Waals surface area contributed by atoms with Crippen molar-refractivity contribution >= 4 is 0 Å². The number of rotatable bonds is 12. The minimum atomic E-state index is 0.754. The molecule has 0 aromatic rings. The summed E-state index contributed by atoms with van der Waals surface area (Å²) in [6, 6.07) is 0. The van der Waals surface area contributed by atoms with E-state index in [1.54, 1.807) is 0 Å². The van der Waals surface area contributed by atoms with Crippen LogP contribution in [0.25, 0.3) is 0 Å². The van der Waals surface area contributed by atoms with E-state index in [0.717, 1.165) is 52.4 Å². The second-order valence-electron chi connectivity index (χ2n) is 5.54. The zero-order valence-corrected chi connectivity index (χ0v) is 14.8. The fourth-order valence-electron chi connectivity index (χ4n) is 1.21. The molecule has 4 nitrogen and oxygen atoms in total. The Balaban J connectivity index is 0. The van der Waals surface area contributed by atoms with Gasteiger partial charge >= 0.3 is 0 Å². The molecule has 0 unspecified atom stereocenters. The zero-order chi connectivity index (χ0) is 15.6. The van der Waals surface area contributed by atoms with Crippen LogP contribution >= 0.6 is 0 Å². The largest absolute Gasteiger partial charge is 0.379 e. The third kappa shape index (κ3) is 26.4. The average Bonchev–Trinajstić information content (AvgIpc) is 2.40. The van der Waals surface area contributed by atoms with Crippen LogP contribution in [0.15, 0.2) is 0 Å². The first kappa shape index (κ1) is 22.1. The molecule has 0 rings (SSSR count). The van der Waals surface area contributed by atoms with Gasteiger partial charge in [-0.25, -0.2) is 0 Å². The van der Waals surface area contributed by atoms with E-state index in [1.807, 2.05) is 0 Å². The number of hydrogen-bond acceptors (Lipinski definition) is 4. The van der Waals surface area contributed by atoms with Crippen molar-refractivity contribution in [3.05, 3.63) is 0 Å². The standard InChI is InChI=1S/C10H22O2.C6H16N2/c1-3-5-7-11-9-10-12-8-6-4-2;1-7(2)5-6-8(3)4/h3-10H2,1-2H3;5-6H2,1-4H3. The van der Waals surface area contributed by atoms with Gasteiger partial charge in [-0.2, -0.15) is 0 Å². The van der Waals surface area contributed by atoms with E-state index in [0.29, 0.717) is 0 Å². The second-order valence-corrected chi connectivity index (χ2v) is 5.54. The summed E-state index contributed by atoms with van der Waals surface area (Å²) in [5.41, 5.74) is 0. The minimum absolute atomic E-state index is 0.754. The van der Waals surface area contributed by atoms with Crippen LogP contribution in [-0.2, 0) is 9.47 Å². The molecule has 0 radical (unpaired) electrons. The first-order valence-corrected chi connectivity index (χ1v) is 7.99. The molecular weight excluding hydrogens is 252 g/mol. The summed E-state index contributed by atoms with van der Waals surface area (Å²) in [6.45, 7) is 9.90. The fraction of sp³-hybridized carbons (Fsp3) is 1.00. The van der Waals surface area contributed by atoms with E-state index < -0.39 is 0 Å². The number of nitrogens with zero attached hydrogens (tertiary/aromatic N) is 2. The van der Waals surface area contributed by atoms with Crippen molar-refractivity contribution in [2.75, 3.05) is 67.7 Å². The van der Waals surface area contributed by atoms with Gasteiger partial charge in [-0.15, -0.1) is 0 Å². The van der Waals surface area contributed by atoms with Crippen molar-refractivity contribution in [3.8, 4) is 0 Å². The molecule has 0 fully saturated rings. The summed E-state index contributed by atoms with van der Waals surface area (Å²) in [5.74, 6) is 0. The lowest BCUT2D eigenvalue weighted by Gasteiger charge is -2.13. The van der Waals surface area contributed by atoms with Crippen LogP contribution < -0.4 is 0 Å². The molecule has 0 saturated carbocycles. The predicted molar refractivity (Wildman–Crippen MR) is 88.6 cm³/mol. The van der Waals surface area contributed by atoms with Gasteiger partial charge in [-0.1, -0.05) is 26.7 Å². The van der Waals surface area contributed by atoms with Crippen LogP contribution in [0, 0.1) is 0 Å². The van der Waals surface area contributed by atoms with Gasteiger partial charge in [0.1, 0.15) is 0 Å². The topological polar surface area (TPSA) is 24.9 Å². The first-order chi connectivity index (χ1) is 9.54. The van der Waals surface area contributed by atoms with Crippen molar-refractivity contribution in [3.63, 3.8) is 0 Å². The van der Waals surface area contributed by atoms with Crippen molar-refractivity contribution < 1.29 is 9.47 Å². The maximum Gasteiger partial charge on any atom is 0.0700 e. The Labute approximate surface area is 127 Å². The van der Waals surface area contributed by atoms with E-state index in [-0.39, 0.29) is 0 Å². The third-order valence-corrected chi connectivity index (χ3v) is 2.65. The molecule has 0 bridgehead atoms. The van der Waals surface area contributed by atoms with Gasteiger partial charge in [0.2, 0.25) is 0 Å². The normalized spacial score (nSPS) is 10.8. The number of unbranched alkanes of at least 4 members (excludes halogenated alkanes) is 2. The summed E-state index contributed by atoms with van der Waals surface area (Å²) in [5, 5.41) is 0. The Morgan fingerprint density at radius 2 is 0.950 bits per heavy atom. The number of ether oxygens (including phenoxy) is 2. The molecular formula is C16H38N2O2. The van der Waals surface area contributed by atoms with Crippen LogP contribution in [0.3, 0.4) is 0 Å². The molecule has 0 heterocycles. The Hall–Kier alpha value is -0.160. The summed E-state index contributed by atoms with van der Waals surface area (Å²) in [6.07, 6.45) is 4.73. The molecule has 20 heavy (non-hydrogen) atoms. The second kappa shape index (κ2) is 18.8. The Kier molecular flexibility index (Phi) is 20.8. The first-order valence-electron chi connectivity index (χ1n) is 7.99. The molecule has 0 aromatic carbocycles. The maximum atomic E-state index is 5.33. The summed E-state index contributed by atoms with van der Waals surface area (Å²) in [7, 11) is 8.35. The molecule has 124 valence electrons. The third-order valence-electron chi connectivity index (χ3n) is 2.65. The molecule has 0 atom stereocenters. The molecule has 4 heteroatoms. The molecule has 0 spiro atoms. The SMILES string of the molecule is CCCCOCCOCCCC.CN(C)CCN(C)C. The van der Waals surface area contributed by atoms with Crippen LogP contribution in [0.1, 0.15) is 39.5 Å². The molecule has 0 N–H and O–H groups in total. The van der Waals surface area contributed by atoms with Gasteiger partial charge in [-0.05, 0) is 41.0 Å². The monoisotopic (exact) mass is 290 g/mol. The summed E-state index contributed by atoms with van der Waals surface area (Å²) < 4.78 is 10.7. The lowest BCUT2D eigenvalue weighted by molar-refractivity contribution is 0.0457. The number of likely N-dealkylation sites (N-methyl/N-ethyl adjacent to an activating group) is 2. The van der Waals surface area contributed by atoms with Crippen LogP contribution in [-0.4, -0.2) is 77.5 Å². The molecule has 0 amide bonds. The van der Waals surface area contributed by atoms with Crippen molar-refractivity contribution in [1.29, 1.82) is 0 Å². The van der Waals surface area contributed by atoms with Gasteiger partial charge in [0, 0.05) is 26.3 Å². The van der Waals surface area contributed by atoms with Crippen LogP contribution in [0.5, 0.6) is 0 Å². The van der Waals surface area contributed by atoms with Crippen LogP contribution in [0.4, 0.5) is 0 Å². The van der Waals surface area contributed by atoms with Crippen molar-refractivity contribution in [2.45, 2.75) is 39.5 Å². The summed E-state index contributed by atoms with van der Waals surface area (Å²) in [4.78, 5) is 4.36. The Morgan fingerprint density at radius 3 is 1.20 bits per heavy atom. The quantitative estimate of drug-likeness (QED) is 0.516. The van der Waals surface area contributed by atoms with E-state index in [9.17, 15) is 0 Å². The van der Waals surface area contributed by atoms with E-state index in [2.05, 4.69) is 51.8 Å².